The number of likely N-dealkylation sites (N-methyl/N-ethyl adjacent to an activating group) is 1. The molecule has 4 rings (SSSR count). The van der Waals surface area contributed by atoms with Crippen LogP contribution in [0.1, 0.15) is 30.9 Å². The van der Waals surface area contributed by atoms with Crippen LogP contribution in [0.4, 0.5) is 5.69 Å². The lowest BCUT2D eigenvalue weighted by Gasteiger charge is -2.51. The second-order valence-electron chi connectivity index (χ2n) is 9.98. The van der Waals surface area contributed by atoms with Gasteiger partial charge in [0.1, 0.15) is 5.54 Å². The van der Waals surface area contributed by atoms with Crippen LogP contribution in [-0.4, -0.2) is 48.4 Å². The molecular weight excluding hydrogens is 478 g/mol. The summed E-state index contributed by atoms with van der Waals surface area (Å²) in [5.74, 6) is -1.09. The first kappa shape index (κ1) is 27.1. The molecule has 0 unspecified atom stereocenters. The maximum atomic E-state index is 14.1. The average molecular weight is 514 g/mol. The van der Waals surface area contributed by atoms with Crippen molar-refractivity contribution in [1.29, 1.82) is 0 Å². The minimum Gasteiger partial charge on any atom is -0.384 e. The standard InChI is InChI=1S/C31H35N3O4/c1-30(22-33-26-16-10-5-11-17-26,23-38-21-25-14-8-4-9-15-25)31(29(37)32-2,20-24-12-6-3-7-13-24)34-27(35)18-19-28(34)36/h3-17,33H,18-23H2,1-2H3,(H,32,37)/t30-,31-/m0/s1. The maximum absolute atomic E-state index is 14.1. The summed E-state index contributed by atoms with van der Waals surface area (Å²) in [7, 11) is 1.54. The number of likely N-dealkylation sites (tertiary alicyclic amines) is 1. The van der Waals surface area contributed by atoms with E-state index in [0.717, 1.165) is 16.8 Å². The quantitative estimate of drug-likeness (QED) is 0.355. The van der Waals surface area contributed by atoms with Crippen molar-refractivity contribution in [2.24, 2.45) is 5.41 Å². The van der Waals surface area contributed by atoms with Gasteiger partial charge in [-0.3, -0.25) is 19.3 Å². The summed E-state index contributed by atoms with van der Waals surface area (Å²) in [4.78, 5) is 41.9. The predicted molar refractivity (Wildman–Crippen MR) is 147 cm³/mol. The maximum Gasteiger partial charge on any atom is 0.247 e. The van der Waals surface area contributed by atoms with Gasteiger partial charge in [0, 0.05) is 44.0 Å². The van der Waals surface area contributed by atoms with Crippen LogP contribution in [0, 0.1) is 5.41 Å². The number of nitrogens with zero attached hydrogens (tertiary/aromatic N) is 1. The Morgan fingerprint density at radius 3 is 1.92 bits per heavy atom. The fraction of sp³-hybridized carbons (Fsp3) is 0.323. The summed E-state index contributed by atoms with van der Waals surface area (Å²) in [6.07, 6.45) is 0.325. The van der Waals surface area contributed by atoms with Gasteiger partial charge in [0.25, 0.3) is 0 Å². The molecule has 38 heavy (non-hydrogen) atoms. The van der Waals surface area contributed by atoms with Crippen LogP contribution in [-0.2, 0) is 32.1 Å². The van der Waals surface area contributed by atoms with Crippen molar-refractivity contribution in [1.82, 2.24) is 10.2 Å². The molecular formula is C31H35N3O4. The first-order chi connectivity index (χ1) is 18.4. The van der Waals surface area contributed by atoms with Crippen LogP contribution in [0.15, 0.2) is 91.0 Å². The van der Waals surface area contributed by atoms with E-state index in [2.05, 4.69) is 10.6 Å². The van der Waals surface area contributed by atoms with E-state index in [1.54, 1.807) is 7.05 Å². The van der Waals surface area contributed by atoms with Crippen molar-refractivity contribution in [3.05, 3.63) is 102 Å². The van der Waals surface area contributed by atoms with E-state index >= 15 is 0 Å². The number of benzene rings is 3. The number of hydrogen-bond donors (Lipinski definition) is 2. The summed E-state index contributed by atoms with van der Waals surface area (Å²) >= 11 is 0. The molecule has 0 bridgehead atoms. The molecule has 0 aromatic heterocycles. The van der Waals surface area contributed by atoms with E-state index < -0.39 is 16.9 Å². The number of ether oxygens (including phenoxy) is 1. The van der Waals surface area contributed by atoms with Crippen LogP contribution in [0.3, 0.4) is 0 Å². The summed E-state index contributed by atoms with van der Waals surface area (Å²) in [5, 5.41) is 6.24. The smallest absolute Gasteiger partial charge is 0.247 e. The molecule has 0 spiro atoms. The molecule has 0 saturated carbocycles. The first-order valence-electron chi connectivity index (χ1n) is 12.9. The minimum absolute atomic E-state index is 0.0828. The lowest BCUT2D eigenvalue weighted by atomic mass is 9.65. The zero-order chi connectivity index (χ0) is 27.0. The largest absolute Gasteiger partial charge is 0.384 e. The van der Waals surface area contributed by atoms with Crippen molar-refractivity contribution in [2.75, 3.05) is 25.5 Å². The summed E-state index contributed by atoms with van der Waals surface area (Å²) in [6, 6.07) is 29.0. The number of para-hydroxylation sites is 1. The summed E-state index contributed by atoms with van der Waals surface area (Å²) in [5.41, 5.74) is 0.159. The van der Waals surface area contributed by atoms with Crippen LogP contribution in [0.2, 0.25) is 0 Å². The number of carbonyl (C=O) groups excluding carboxylic acids is 3. The molecule has 1 aliphatic heterocycles. The highest BCUT2D eigenvalue weighted by molar-refractivity contribution is 6.07. The minimum atomic E-state index is -1.54. The SMILES string of the molecule is CNC(=O)[C@](Cc1ccccc1)(N1C(=O)CCC1=O)[C@@](C)(CNc1ccccc1)COCc1ccccc1. The number of rotatable bonds is 12. The molecule has 7 heteroatoms. The Hall–Kier alpha value is -3.97. The Morgan fingerprint density at radius 2 is 1.37 bits per heavy atom. The van der Waals surface area contributed by atoms with Gasteiger partial charge in [-0.1, -0.05) is 85.8 Å². The number of carbonyl (C=O) groups is 3. The molecule has 0 radical (unpaired) electrons. The second kappa shape index (κ2) is 12.0. The van der Waals surface area contributed by atoms with Gasteiger partial charge < -0.3 is 15.4 Å². The number of hydrogen-bond acceptors (Lipinski definition) is 5. The van der Waals surface area contributed by atoms with Gasteiger partial charge in [0.2, 0.25) is 17.7 Å². The third-order valence-corrected chi connectivity index (χ3v) is 7.33. The van der Waals surface area contributed by atoms with Crippen molar-refractivity contribution in [3.8, 4) is 0 Å². The van der Waals surface area contributed by atoms with Crippen LogP contribution < -0.4 is 10.6 Å². The van der Waals surface area contributed by atoms with Crippen LogP contribution >= 0.6 is 0 Å². The number of imide groups is 1. The molecule has 1 aliphatic rings. The average Bonchev–Trinajstić information content (AvgIpc) is 3.29. The van der Waals surface area contributed by atoms with Gasteiger partial charge in [-0.25, -0.2) is 0 Å². The highest BCUT2D eigenvalue weighted by Crippen LogP contribution is 2.43. The fourth-order valence-electron chi connectivity index (χ4n) is 5.26. The Bertz CT molecular complexity index is 1220. The lowest BCUT2D eigenvalue weighted by molar-refractivity contribution is -0.165. The molecule has 2 N–H and O–H groups in total. The topological polar surface area (TPSA) is 87.7 Å². The molecule has 3 amide bonds. The van der Waals surface area contributed by atoms with E-state index in [0.29, 0.717) is 6.61 Å². The van der Waals surface area contributed by atoms with Crippen molar-refractivity contribution >= 4 is 23.4 Å². The Labute approximate surface area is 224 Å². The van der Waals surface area contributed by atoms with Crippen LogP contribution in [0.25, 0.3) is 0 Å². The molecule has 1 heterocycles. The molecule has 1 saturated heterocycles. The zero-order valence-electron chi connectivity index (χ0n) is 22.0. The highest BCUT2D eigenvalue weighted by Gasteiger charge is 2.61. The van der Waals surface area contributed by atoms with Gasteiger partial charge in [0.15, 0.2) is 0 Å². The van der Waals surface area contributed by atoms with E-state index in [1.165, 1.54) is 4.90 Å². The van der Waals surface area contributed by atoms with Gasteiger partial charge >= 0.3 is 0 Å². The van der Waals surface area contributed by atoms with Crippen LogP contribution in [0.5, 0.6) is 0 Å². The van der Waals surface area contributed by atoms with Crippen molar-refractivity contribution < 1.29 is 19.1 Å². The third kappa shape index (κ3) is 5.63. The first-order valence-corrected chi connectivity index (χ1v) is 12.9. The number of nitrogens with one attached hydrogen (secondary N) is 2. The highest BCUT2D eigenvalue weighted by atomic mass is 16.5. The second-order valence-corrected chi connectivity index (χ2v) is 9.98. The van der Waals surface area contributed by atoms with Gasteiger partial charge in [0.05, 0.1) is 13.2 Å². The molecule has 2 atom stereocenters. The van der Waals surface area contributed by atoms with Crippen molar-refractivity contribution in [3.63, 3.8) is 0 Å². The van der Waals surface area contributed by atoms with E-state index in [4.69, 9.17) is 4.74 Å². The lowest BCUT2D eigenvalue weighted by Crippen LogP contribution is -2.72. The van der Waals surface area contributed by atoms with Gasteiger partial charge in [-0.05, 0) is 23.3 Å². The van der Waals surface area contributed by atoms with Crippen molar-refractivity contribution in [2.45, 2.75) is 38.3 Å². The summed E-state index contributed by atoms with van der Waals surface area (Å²) < 4.78 is 6.27. The summed E-state index contributed by atoms with van der Waals surface area (Å²) in [6.45, 7) is 2.66. The van der Waals surface area contributed by atoms with E-state index in [1.807, 2.05) is 97.9 Å². The Kier molecular flexibility index (Phi) is 8.59. The predicted octanol–water partition coefficient (Wildman–Crippen LogP) is 4.20. The molecule has 7 nitrogen and oxygen atoms in total. The molecule has 3 aromatic rings. The molecule has 1 fully saturated rings. The monoisotopic (exact) mass is 513 g/mol. The third-order valence-electron chi connectivity index (χ3n) is 7.33. The normalized spacial score (nSPS) is 16.5. The molecule has 0 aliphatic carbocycles. The Balaban J connectivity index is 1.81. The van der Waals surface area contributed by atoms with Gasteiger partial charge in [-0.15, -0.1) is 0 Å². The van der Waals surface area contributed by atoms with E-state index in [-0.39, 0.29) is 44.2 Å². The number of anilines is 1. The molecule has 3 aromatic carbocycles. The molecule has 198 valence electrons. The fourth-order valence-corrected chi connectivity index (χ4v) is 5.26. The number of amides is 3. The zero-order valence-corrected chi connectivity index (χ0v) is 22.0. The van der Waals surface area contributed by atoms with Gasteiger partial charge in [-0.2, -0.15) is 0 Å². The Morgan fingerprint density at radius 1 is 0.842 bits per heavy atom. The van der Waals surface area contributed by atoms with E-state index in [9.17, 15) is 14.4 Å².